The van der Waals surface area contributed by atoms with Gasteiger partial charge in [0.15, 0.2) is 0 Å². The molecule has 1 aromatic heterocycles. The van der Waals surface area contributed by atoms with E-state index in [0.29, 0.717) is 5.56 Å². The Balaban J connectivity index is 1.96. The number of benzene rings is 2. The molecule has 2 aromatic carbocycles. The second-order valence-electron chi connectivity index (χ2n) is 5.16. The Labute approximate surface area is 141 Å². The zero-order chi connectivity index (χ0) is 18.0. The van der Waals surface area contributed by atoms with Gasteiger partial charge in [-0.3, -0.25) is 9.69 Å². The Morgan fingerprint density at radius 1 is 1.08 bits per heavy atom. The van der Waals surface area contributed by atoms with E-state index in [-0.39, 0.29) is 23.0 Å². The van der Waals surface area contributed by atoms with Gasteiger partial charge >= 0.3 is 0 Å². The van der Waals surface area contributed by atoms with Crippen molar-refractivity contribution in [1.82, 2.24) is 4.98 Å². The van der Waals surface area contributed by atoms with Gasteiger partial charge in [0.05, 0.1) is 0 Å². The number of carbonyl (C=O) groups is 1. The van der Waals surface area contributed by atoms with Crippen molar-refractivity contribution >= 4 is 11.8 Å². The minimum Gasteiger partial charge on any atom is -0.419 e. The average molecular weight is 339 g/mol. The molecule has 3 aromatic rings. The van der Waals surface area contributed by atoms with Crippen molar-refractivity contribution in [3.8, 4) is 17.5 Å². The molecule has 7 heteroatoms. The lowest BCUT2D eigenvalue weighted by molar-refractivity contribution is 0.0989. The molecule has 0 saturated carbocycles. The maximum absolute atomic E-state index is 13.0. The lowest BCUT2D eigenvalue weighted by atomic mass is 10.2. The van der Waals surface area contributed by atoms with Crippen LogP contribution in [-0.2, 0) is 0 Å². The fourth-order valence-corrected chi connectivity index (χ4v) is 2.21. The standard InChI is InChI=1S/C18H11F2N3O2/c1-23(17(24)12-4-8-14(20)9-5-12)18-15(10-21)22-16(25-18)11-2-6-13(19)7-3-11/h2-9H,1H3. The monoisotopic (exact) mass is 339 g/mol. The van der Waals surface area contributed by atoms with Crippen LogP contribution in [0.25, 0.3) is 11.5 Å². The quantitative estimate of drug-likeness (QED) is 0.728. The van der Waals surface area contributed by atoms with E-state index in [2.05, 4.69) is 4.98 Å². The van der Waals surface area contributed by atoms with Gasteiger partial charge in [0.2, 0.25) is 17.5 Å². The van der Waals surface area contributed by atoms with E-state index in [0.717, 1.165) is 17.0 Å². The predicted molar refractivity (Wildman–Crippen MR) is 85.7 cm³/mol. The molecule has 124 valence electrons. The third-order valence-electron chi connectivity index (χ3n) is 3.51. The van der Waals surface area contributed by atoms with E-state index in [4.69, 9.17) is 4.42 Å². The molecular weight excluding hydrogens is 328 g/mol. The summed E-state index contributed by atoms with van der Waals surface area (Å²) in [5, 5.41) is 9.24. The van der Waals surface area contributed by atoms with E-state index in [1.165, 1.54) is 43.4 Å². The first-order chi connectivity index (χ1) is 12.0. The van der Waals surface area contributed by atoms with Gasteiger partial charge in [-0.25, -0.2) is 8.78 Å². The molecule has 0 spiro atoms. The molecule has 0 aliphatic carbocycles. The van der Waals surface area contributed by atoms with Gasteiger partial charge in [0.25, 0.3) is 5.91 Å². The lowest BCUT2D eigenvalue weighted by Gasteiger charge is -2.13. The van der Waals surface area contributed by atoms with Crippen LogP contribution in [0, 0.1) is 23.0 Å². The maximum atomic E-state index is 13.0. The molecular formula is C18H11F2N3O2. The molecule has 5 nitrogen and oxygen atoms in total. The van der Waals surface area contributed by atoms with Gasteiger partial charge < -0.3 is 4.42 Å². The number of rotatable bonds is 3. The summed E-state index contributed by atoms with van der Waals surface area (Å²) in [6.45, 7) is 0. The predicted octanol–water partition coefficient (Wildman–Crippen LogP) is 3.77. The lowest BCUT2D eigenvalue weighted by Crippen LogP contribution is -2.26. The molecule has 0 bridgehead atoms. The van der Waals surface area contributed by atoms with E-state index < -0.39 is 17.5 Å². The Kier molecular flexibility index (Phi) is 4.27. The summed E-state index contributed by atoms with van der Waals surface area (Å²) < 4.78 is 31.5. The van der Waals surface area contributed by atoms with Crippen LogP contribution in [0.15, 0.2) is 52.9 Å². The smallest absolute Gasteiger partial charge is 0.260 e. The highest BCUT2D eigenvalue weighted by Gasteiger charge is 2.23. The van der Waals surface area contributed by atoms with Crippen molar-refractivity contribution < 1.29 is 18.0 Å². The molecule has 25 heavy (non-hydrogen) atoms. The minimum absolute atomic E-state index is 0.0452. The number of amides is 1. The number of nitrogens with zero attached hydrogens (tertiary/aromatic N) is 3. The number of halogens is 2. The normalized spacial score (nSPS) is 10.3. The summed E-state index contributed by atoms with van der Waals surface area (Å²) in [5.74, 6) is -1.32. The van der Waals surface area contributed by atoms with Crippen LogP contribution in [0.4, 0.5) is 14.7 Å². The highest BCUT2D eigenvalue weighted by Crippen LogP contribution is 2.28. The van der Waals surface area contributed by atoms with Crippen LogP contribution in [0.3, 0.4) is 0 Å². The zero-order valence-corrected chi connectivity index (χ0v) is 13.0. The number of anilines is 1. The fraction of sp³-hybridized carbons (Fsp3) is 0.0556. The molecule has 0 aliphatic rings. The second-order valence-corrected chi connectivity index (χ2v) is 5.16. The molecule has 0 radical (unpaired) electrons. The van der Waals surface area contributed by atoms with Crippen LogP contribution in [-0.4, -0.2) is 17.9 Å². The van der Waals surface area contributed by atoms with Crippen LogP contribution in [0.5, 0.6) is 0 Å². The number of carbonyl (C=O) groups excluding carboxylic acids is 1. The van der Waals surface area contributed by atoms with Crippen molar-refractivity contribution in [1.29, 1.82) is 5.26 Å². The van der Waals surface area contributed by atoms with Crippen LogP contribution >= 0.6 is 0 Å². The Morgan fingerprint density at radius 2 is 1.64 bits per heavy atom. The summed E-state index contributed by atoms with van der Waals surface area (Å²) >= 11 is 0. The highest BCUT2D eigenvalue weighted by molar-refractivity contribution is 6.05. The summed E-state index contributed by atoms with van der Waals surface area (Å²) in [6.07, 6.45) is 0. The Hall–Kier alpha value is -3.53. The largest absolute Gasteiger partial charge is 0.419 e. The van der Waals surface area contributed by atoms with Crippen LogP contribution in [0.1, 0.15) is 16.1 Å². The van der Waals surface area contributed by atoms with Crippen molar-refractivity contribution in [3.63, 3.8) is 0 Å². The molecule has 1 heterocycles. The molecule has 0 aliphatic heterocycles. The van der Waals surface area contributed by atoms with E-state index in [9.17, 15) is 18.8 Å². The number of hydrogen-bond acceptors (Lipinski definition) is 4. The highest BCUT2D eigenvalue weighted by atomic mass is 19.1. The molecule has 0 unspecified atom stereocenters. The Bertz CT molecular complexity index is 957. The molecule has 0 fully saturated rings. The van der Waals surface area contributed by atoms with Gasteiger partial charge in [-0.1, -0.05) is 0 Å². The average Bonchev–Trinajstić information content (AvgIpc) is 3.06. The SMILES string of the molecule is CN(C(=O)c1ccc(F)cc1)c1oc(-c2ccc(F)cc2)nc1C#N. The fourth-order valence-electron chi connectivity index (χ4n) is 2.21. The second kappa shape index (κ2) is 6.53. The van der Waals surface area contributed by atoms with Gasteiger partial charge in [0.1, 0.15) is 17.7 Å². The minimum atomic E-state index is -0.488. The van der Waals surface area contributed by atoms with E-state index >= 15 is 0 Å². The number of hydrogen-bond donors (Lipinski definition) is 0. The molecule has 0 N–H and O–H groups in total. The third-order valence-corrected chi connectivity index (χ3v) is 3.51. The van der Waals surface area contributed by atoms with Crippen molar-refractivity contribution in [2.75, 3.05) is 11.9 Å². The number of nitriles is 1. The summed E-state index contributed by atoms with van der Waals surface area (Å²) in [5.41, 5.74) is 0.608. The summed E-state index contributed by atoms with van der Waals surface area (Å²) in [4.78, 5) is 17.6. The van der Waals surface area contributed by atoms with Gasteiger partial charge in [-0.2, -0.15) is 10.2 Å². The summed E-state index contributed by atoms with van der Waals surface area (Å²) in [7, 11) is 1.42. The van der Waals surface area contributed by atoms with E-state index in [1.807, 2.05) is 6.07 Å². The zero-order valence-electron chi connectivity index (χ0n) is 13.0. The van der Waals surface area contributed by atoms with Crippen molar-refractivity contribution in [2.45, 2.75) is 0 Å². The topological polar surface area (TPSA) is 70.1 Å². The van der Waals surface area contributed by atoms with Crippen molar-refractivity contribution in [2.24, 2.45) is 0 Å². The van der Waals surface area contributed by atoms with Crippen LogP contribution < -0.4 is 4.90 Å². The first kappa shape index (κ1) is 16.3. The van der Waals surface area contributed by atoms with E-state index in [1.54, 1.807) is 0 Å². The third kappa shape index (κ3) is 3.23. The molecule has 0 saturated heterocycles. The van der Waals surface area contributed by atoms with Gasteiger partial charge in [0, 0.05) is 18.2 Å². The molecule has 1 amide bonds. The molecule has 0 atom stereocenters. The Morgan fingerprint density at radius 3 is 2.20 bits per heavy atom. The van der Waals surface area contributed by atoms with Crippen LogP contribution in [0.2, 0.25) is 0 Å². The van der Waals surface area contributed by atoms with Gasteiger partial charge in [-0.05, 0) is 48.5 Å². The number of oxazole rings is 1. The van der Waals surface area contributed by atoms with Crippen molar-refractivity contribution in [3.05, 3.63) is 71.4 Å². The first-order valence-corrected chi connectivity index (χ1v) is 7.20. The summed E-state index contributed by atoms with van der Waals surface area (Å²) in [6, 6.07) is 12.2. The first-order valence-electron chi connectivity index (χ1n) is 7.20. The molecule has 3 rings (SSSR count). The maximum Gasteiger partial charge on any atom is 0.260 e. The number of aromatic nitrogens is 1. The van der Waals surface area contributed by atoms with Gasteiger partial charge in [-0.15, -0.1) is 0 Å².